The van der Waals surface area contributed by atoms with E-state index in [4.69, 9.17) is 4.74 Å². The smallest absolute Gasteiger partial charge is 0.277 e. The summed E-state index contributed by atoms with van der Waals surface area (Å²) in [5.74, 6) is 0.364. The highest BCUT2D eigenvalue weighted by Gasteiger charge is 2.14. The van der Waals surface area contributed by atoms with Gasteiger partial charge in [0.25, 0.3) is 5.91 Å². The number of ether oxygens (including phenoxy) is 1. The van der Waals surface area contributed by atoms with Gasteiger partial charge in [-0.3, -0.25) is 4.79 Å². The molecule has 110 valence electrons. The van der Waals surface area contributed by atoms with Gasteiger partial charge in [0.2, 0.25) is 0 Å². The molecule has 0 aliphatic rings. The van der Waals surface area contributed by atoms with E-state index in [1.165, 1.54) is 0 Å². The van der Waals surface area contributed by atoms with Gasteiger partial charge in [0.05, 0.1) is 4.47 Å². The molecule has 1 N–H and O–H groups in total. The van der Waals surface area contributed by atoms with Gasteiger partial charge in [-0.2, -0.15) is 5.10 Å². The number of carbonyl (C=O) groups is 1. The fourth-order valence-electron chi connectivity index (χ4n) is 1.21. The van der Waals surface area contributed by atoms with E-state index < -0.39 is 0 Å². The average molecular weight is 341 g/mol. The van der Waals surface area contributed by atoms with Crippen molar-refractivity contribution in [2.75, 3.05) is 6.61 Å². The second-order valence-electron chi connectivity index (χ2n) is 5.70. The highest BCUT2D eigenvalue weighted by molar-refractivity contribution is 9.10. The number of amides is 1. The molecule has 1 rings (SSSR count). The molecule has 0 atom stereocenters. The summed E-state index contributed by atoms with van der Waals surface area (Å²) in [5.41, 5.74) is 4.42. The van der Waals surface area contributed by atoms with Gasteiger partial charge >= 0.3 is 0 Å². The van der Waals surface area contributed by atoms with Crippen LogP contribution in [0.1, 0.15) is 33.3 Å². The zero-order valence-electron chi connectivity index (χ0n) is 12.6. The van der Waals surface area contributed by atoms with E-state index >= 15 is 0 Å². The number of rotatable bonds is 4. The first-order chi connectivity index (χ1) is 9.20. The zero-order chi connectivity index (χ0) is 15.3. The van der Waals surface area contributed by atoms with Crippen LogP contribution in [0.3, 0.4) is 0 Å². The fourth-order valence-corrected chi connectivity index (χ4v) is 1.82. The van der Waals surface area contributed by atoms with Crippen molar-refractivity contribution in [2.24, 2.45) is 10.5 Å². The standard InChI is InChI=1S/C15H21BrN2O2/c1-10-6-7-13(12(16)8-10)20-9-14(19)18-17-11(2)15(3,4)5/h6-8H,9H2,1-5H3,(H,18,19)/b17-11-. The lowest BCUT2D eigenvalue weighted by Crippen LogP contribution is -2.28. The summed E-state index contributed by atoms with van der Waals surface area (Å²) in [6, 6.07) is 5.70. The molecular weight excluding hydrogens is 320 g/mol. The van der Waals surface area contributed by atoms with E-state index in [-0.39, 0.29) is 17.9 Å². The normalized spacial score (nSPS) is 12.2. The van der Waals surface area contributed by atoms with E-state index in [9.17, 15) is 4.79 Å². The molecule has 0 spiro atoms. The van der Waals surface area contributed by atoms with Gasteiger partial charge in [0, 0.05) is 11.1 Å². The fraction of sp³-hybridized carbons (Fsp3) is 0.467. The maximum Gasteiger partial charge on any atom is 0.277 e. The molecule has 0 radical (unpaired) electrons. The van der Waals surface area contributed by atoms with Gasteiger partial charge in [0.15, 0.2) is 6.61 Å². The monoisotopic (exact) mass is 340 g/mol. The third-order valence-corrected chi connectivity index (χ3v) is 3.50. The molecule has 0 aliphatic heterocycles. The average Bonchev–Trinajstić information content (AvgIpc) is 2.33. The number of carbonyl (C=O) groups excluding carboxylic acids is 1. The molecule has 1 aromatic rings. The molecule has 4 nitrogen and oxygen atoms in total. The van der Waals surface area contributed by atoms with Crippen molar-refractivity contribution in [1.82, 2.24) is 5.43 Å². The van der Waals surface area contributed by atoms with Crippen LogP contribution in [0.4, 0.5) is 0 Å². The first-order valence-corrected chi connectivity index (χ1v) is 7.22. The van der Waals surface area contributed by atoms with Crippen LogP contribution in [0.2, 0.25) is 0 Å². The summed E-state index contributed by atoms with van der Waals surface area (Å²) in [6.45, 7) is 9.93. The second kappa shape index (κ2) is 6.88. The molecule has 0 fully saturated rings. The quantitative estimate of drug-likeness (QED) is 0.671. The summed E-state index contributed by atoms with van der Waals surface area (Å²) in [7, 11) is 0. The molecule has 0 saturated heterocycles. The molecule has 0 saturated carbocycles. The van der Waals surface area contributed by atoms with E-state index in [1.54, 1.807) is 0 Å². The third-order valence-electron chi connectivity index (χ3n) is 2.88. The van der Waals surface area contributed by atoms with Crippen molar-refractivity contribution in [3.8, 4) is 5.75 Å². The number of hydrogen-bond acceptors (Lipinski definition) is 3. The Morgan fingerprint density at radius 2 is 2.05 bits per heavy atom. The Labute approximate surface area is 128 Å². The summed E-state index contributed by atoms with van der Waals surface area (Å²) in [5, 5.41) is 4.07. The molecule has 0 bridgehead atoms. The second-order valence-corrected chi connectivity index (χ2v) is 6.56. The van der Waals surface area contributed by atoms with Gasteiger partial charge in [0.1, 0.15) is 5.75 Å². The molecule has 1 aromatic carbocycles. The van der Waals surface area contributed by atoms with E-state index in [0.29, 0.717) is 5.75 Å². The van der Waals surface area contributed by atoms with Gasteiger partial charge in [-0.15, -0.1) is 0 Å². The van der Waals surface area contributed by atoms with Crippen molar-refractivity contribution < 1.29 is 9.53 Å². The first kappa shape index (κ1) is 16.7. The van der Waals surface area contributed by atoms with Crippen molar-refractivity contribution in [3.05, 3.63) is 28.2 Å². The maximum absolute atomic E-state index is 11.7. The number of benzene rings is 1. The van der Waals surface area contributed by atoms with Crippen LogP contribution in [0, 0.1) is 12.3 Å². The predicted octanol–water partition coefficient (Wildman–Crippen LogP) is 3.67. The van der Waals surface area contributed by atoms with Crippen molar-refractivity contribution in [1.29, 1.82) is 0 Å². The Kier molecular flexibility index (Phi) is 5.74. The van der Waals surface area contributed by atoms with Crippen molar-refractivity contribution in [2.45, 2.75) is 34.6 Å². The lowest BCUT2D eigenvalue weighted by molar-refractivity contribution is -0.123. The Morgan fingerprint density at radius 1 is 1.40 bits per heavy atom. The number of nitrogens with zero attached hydrogens (tertiary/aromatic N) is 1. The van der Waals surface area contributed by atoms with Crippen LogP contribution in [-0.4, -0.2) is 18.2 Å². The highest BCUT2D eigenvalue weighted by Crippen LogP contribution is 2.25. The zero-order valence-corrected chi connectivity index (χ0v) is 14.2. The number of hydrogen-bond donors (Lipinski definition) is 1. The Bertz CT molecular complexity index is 519. The van der Waals surface area contributed by atoms with Crippen LogP contribution < -0.4 is 10.2 Å². The Hall–Kier alpha value is -1.36. The van der Waals surface area contributed by atoms with E-state index in [1.807, 2.05) is 52.8 Å². The summed E-state index contributed by atoms with van der Waals surface area (Å²) in [4.78, 5) is 11.7. The van der Waals surface area contributed by atoms with Crippen LogP contribution in [-0.2, 0) is 4.79 Å². The summed E-state index contributed by atoms with van der Waals surface area (Å²) >= 11 is 3.40. The predicted molar refractivity (Wildman–Crippen MR) is 85.1 cm³/mol. The number of nitrogens with one attached hydrogen (secondary N) is 1. The maximum atomic E-state index is 11.7. The first-order valence-electron chi connectivity index (χ1n) is 6.42. The Balaban J connectivity index is 2.52. The lowest BCUT2D eigenvalue weighted by Gasteiger charge is -2.17. The number of halogens is 1. The van der Waals surface area contributed by atoms with Crippen LogP contribution in [0.15, 0.2) is 27.8 Å². The summed E-state index contributed by atoms with van der Waals surface area (Å²) < 4.78 is 6.28. The van der Waals surface area contributed by atoms with Gasteiger partial charge in [-0.05, 0) is 47.5 Å². The molecule has 0 aliphatic carbocycles. The minimum Gasteiger partial charge on any atom is -0.483 e. The molecule has 20 heavy (non-hydrogen) atoms. The largest absolute Gasteiger partial charge is 0.483 e. The molecule has 5 heteroatoms. The Morgan fingerprint density at radius 3 is 2.60 bits per heavy atom. The molecular formula is C15H21BrN2O2. The van der Waals surface area contributed by atoms with Gasteiger partial charge in [-0.1, -0.05) is 26.8 Å². The van der Waals surface area contributed by atoms with Crippen LogP contribution >= 0.6 is 15.9 Å². The topological polar surface area (TPSA) is 50.7 Å². The third kappa shape index (κ3) is 5.33. The minimum atomic E-state index is -0.277. The summed E-state index contributed by atoms with van der Waals surface area (Å²) in [6.07, 6.45) is 0. The number of hydrazone groups is 1. The minimum absolute atomic E-state index is 0.0614. The molecule has 0 aromatic heterocycles. The number of aryl methyl sites for hydroxylation is 1. The molecule has 1 amide bonds. The van der Waals surface area contributed by atoms with Gasteiger partial charge in [-0.25, -0.2) is 5.43 Å². The SMILES string of the molecule is C/C(=N/NC(=O)COc1ccc(C)cc1Br)C(C)(C)C. The van der Waals surface area contributed by atoms with Crippen molar-refractivity contribution in [3.63, 3.8) is 0 Å². The molecule has 0 unspecified atom stereocenters. The van der Waals surface area contributed by atoms with E-state index in [2.05, 4.69) is 26.5 Å². The van der Waals surface area contributed by atoms with E-state index in [0.717, 1.165) is 15.7 Å². The lowest BCUT2D eigenvalue weighted by atomic mass is 9.91. The molecule has 0 heterocycles. The van der Waals surface area contributed by atoms with Crippen LogP contribution in [0.25, 0.3) is 0 Å². The van der Waals surface area contributed by atoms with Crippen molar-refractivity contribution >= 4 is 27.5 Å². The van der Waals surface area contributed by atoms with Crippen LogP contribution in [0.5, 0.6) is 5.75 Å². The van der Waals surface area contributed by atoms with Gasteiger partial charge < -0.3 is 4.74 Å². The highest BCUT2D eigenvalue weighted by atomic mass is 79.9.